The van der Waals surface area contributed by atoms with Gasteiger partial charge in [-0.05, 0) is 6.92 Å². The Morgan fingerprint density at radius 1 is 1.71 bits per heavy atom. The second-order valence-electron chi connectivity index (χ2n) is 3.04. The van der Waals surface area contributed by atoms with Gasteiger partial charge in [0.1, 0.15) is 11.8 Å². The summed E-state index contributed by atoms with van der Waals surface area (Å²) in [5.74, 6) is 0. The molecule has 0 N–H and O–H groups in total. The molecule has 1 rings (SSSR count). The molecular formula is C9H12N4O. The molecule has 5 nitrogen and oxygen atoms in total. The van der Waals surface area contributed by atoms with Crippen molar-refractivity contribution in [2.45, 2.75) is 20.1 Å². The third-order valence-electron chi connectivity index (χ3n) is 1.64. The van der Waals surface area contributed by atoms with Crippen LogP contribution in [0.3, 0.4) is 0 Å². The molecule has 0 aromatic carbocycles. The number of hydrogen-bond acceptors (Lipinski definition) is 4. The lowest BCUT2D eigenvalue weighted by Crippen LogP contribution is -2.07. The Kier molecular flexibility index (Phi) is 3.37. The van der Waals surface area contributed by atoms with Gasteiger partial charge in [0.2, 0.25) is 0 Å². The van der Waals surface area contributed by atoms with Crippen LogP contribution >= 0.6 is 0 Å². The molecule has 0 spiro atoms. The first-order valence-corrected chi connectivity index (χ1v) is 4.14. The van der Waals surface area contributed by atoms with E-state index in [2.05, 4.69) is 16.9 Å². The Morgan fingerprint density at radius 3 is 2.93 bits per heavy atom. The van der Waals surface area contributed by atoms with Crippen molar-refractivity contribution in [3.8, 4) is 6.07 Å². The highest BCUT2D eigenvalue weighted by atomic mass is 16.5. The Morgan fingerprint density at radius 2 is 2.43 bits per heavy atom. The van der Waals surface area contributed by atoms with Crippen LogP contribution in [0.5, 0.6) is 0 Å². The van der Waals surface area contributed by atoms with Gasteiger partial charge in [-0.1, -0.05) is 17.4 Å². The molecule has 0 aliphatic heterocycles. The first-order chi connectivity index (χ1) is 6.69. The molecule has 0 aliphatic rings. The van der Waals surface area contributed by atoms with Crippen LogP contribution in [0.2, 0.25) is 0 Å². The third kappa shape index (κ3) is 2.18. The fourth-order valence-corrected chi connectivity index (χ4v) is 1.08. The zero-order chi connectivity index (χ0) is 10.6. The van der Waals surface area contributed by atoms with Crippen LogP contribution < -0.4 is 0 Å². The number of methoxy groups -OCH3 is 1. The van der Waals surface area contributed by atoms with Gasteiger partial charge in [0, 0.05) is 7.11 Å². The minimum absolute atomic E-state index is 0.313. The number of ether oxygens (including phenoxy) is 1. The maximum atomic E-state index is 8.75. The molecule has 0 saturated heterocycles. The van der Waals surface area contributed by atoms with Crippen LogP contribution in [0.4, 0.5) is 0 Å². The minimum Gasteiger partial charge on any atom is -0.378 e. The van der Waals surface area contributed by atoms with Crippen molar-refractivity contribution in [3.63, 3.8) is 0 Å². The van der Waals surface area contributed by atoms with Gasteiger partial charge in [-0.25, -0.2) is 4.68 Å². The summed E-state index contributed by atoms with van der Waals surface area (Å²) in [7, 11) is 1.57. The number of allylic oxidation sites excluding steroid dienone is 1. The van der Waals surface area contributed by atoms with E-state index in [1.165, 1.54) is 0 Å². The summed E-state index contributed by atoms with van der Waals surface area (Å²) in [6.07, 6.45) is 0. The van der Waals surface area contributed by atoms with Gasteiger partial charge < -0.3 is 4.74 Å². The molecule has 1 aromatic rings. The summed E-state index contributed by atoms with van der Waals surface area (Å²) in [5, 5.41) is 16.3. The fourth-order valence-electron chi connectivity index (χ4n) is 1.08. The largest absolute Gasteiger partial charge is 0.378 e. The predicted octanol–water partition coefficient (Wildman–Crippen LogP) is 0.872. The Bertz CT molecular complexity index is 375. The summed E-state index contributed by atoms with van der Waals surface area (Å²) in [6.45, 7) is 6.57. The van der Waals surface area contributed by atoms with Gasteiger partial charge >= 0.3 is 0 Å². The number of nitriles is 1. The SMILES string of the molecule is C=C(C)Cn1nnc(C#N)c1COC. The number of aromatic nitrogens is 3. The van der Waals surface area contributed by atoms with Crippen molar-refractivity contribution in [1.29, 1.82) is 5.26 Å². The van der Waals surface area contributed by atoms with Crippen molar-refractivity contribution in [1.82, 2.24) is 15.0 Å². The van der Waals surface area contributed by atoms with Crippen molar-refractivity contribution in [2.24, 2.45) is 0 Å². The molecule has 0 atom stereocenters. The molecule has 14 heavy (non-hydrogen) atoms. The second kappa shape index (κ2) is 4.53. The van der Waals surface area contributed by atoms with E-state index in [1.54, 1.807) is 11.8 Å². The van der Waals surface area contributed by atoms with Crippen LogP contribution in [-0.2, 0) is 17.9 Å². The van der Waals surface area contributed by atoms with Crippen molar-refractivity contribution >= 4 is 0 Å². The van der Waals surface area contributed by atoms with Crippen LogP contribution in [0, 0.1) is 11.3 Å². The maximum absolute atomic E-state index is 8.75. The first kappa shape index (κ1) is 10.4. The molecule has 0 bridgehead atoms. The molecule has 74 valence electrons. The Balaban J connectivity index is 2.99. The molecular weight excluding hydrogens is 180 g/mol. The number of nitrogens with zero attached hydrogens (tertiary/aromatic N) is 4. The highest BCUT2D eigenvalue weighted by Crippen LogP contribution is 2.07. The molecule has 0 amide bonds. The van der Waals surface area contributed by atoms with Gasteiger partial charge in [0.05, 0.1) is 13.2 Å². The summed E-state index contributed by atoms with van der Waals surface area (Å²) >= 11 is 0. The van der Waals surface area contributed by atoms with E-state index in [-0.39, 0.29) is 0 Å². The lowest BCUT2D eigenvalue weighted by atomic mass is 10.3. The van der Waals surface area contributed by atoms with E-state index in [1.807, 2.05) is 13.0 Å². The second-order valence-corrected chi connectivity index (χ2v) is 3.04. The average Bonchev–Trinajstić information content (AvgIpc) is 2.48. The summed E-state index contributed by atoms with van der Waals surface area (Å²) in [5.41, 5.74) is 1.96. The highest BCUT2D eigenvalue weighted by molar-refractivity contribution is 5.24. The van der Waals surface area contributed by atoms with E-state index >= 15 is 0 Å². The molecule has 1 heterocycles. The summed E-state index contributed by atoms with van der Waals surface area (Å²) in [4.78, 5) is 0. The van der Waals surface area contributed by atoms with Crippen molar-refractivity contribution in [2.75, 3.05) is 7.11 Å². The Labute approximate surface area is 82.6 Å². The van der Waals surface area contributed by atoms with Crippen molar-refractivity contribution < 1.29 is 4.74 Å². The smallest absolute Gasteiger partial charge is 0.188 e. The lowest BCUT2D eigenvalue weighted by Gasteiger charge is -2.04. The van der Waals surface area contributed by atoms with Gasteiger partial charge in [0.25, 0.3) is 0 Å². The summed E-state index contributed by atoms with van der Waals surface area (Å²) < 4.78 is 6.60. The van der Waals surface area contributed by atoms with Gasteiger partial charge in [-0.15, -0.1) is 5.10 Å². The first-order valence-electron chi connectivity index (χ1n) is 4.14. The van der Waals surface area contributed by atoms with Gasteiger partial charge in [0.15, 0.2) is 5.69 Å². The predicted molar refractivity (Wildman–Crippen MR) is 50.3 cm³/mol. The zero-order valence-corrected chi connectivity index (χ0v) is 8.32. The monoisotopic (exact) mass is 192 g/mol. The lowest BCUT2D eigenvalue weighted by molar-refractivity contribution is 0.177. The van der Waals surface area contributed by atoms with Crippen LogP contribution in [0.15, 0.2) is 12.2 Å². The molecule has 0 saturated carbocycles. The van der Waals surface area contributed by atoms with E-state index in [4.69, 9.17) is 10.00 Å². The van der Waals surface area contributed by atoms with E-state index < -0.39 is 0 Å². The van der Waals surface area contributed by atoms with E-state index in [9.17, 15) is 0 Å². The molecule has 0 fully saturated rings. The number of rotatable bonds is 4. The highest BCUT2D eigenvalue weighted by Gasteiger charge is 2.11. The summed E-state index contributed by atoms with van der Waals surface area (Å²) in [6, 6.07) is 1.97. The molecule has 0 radical (unpaired) electrons. The van der Waals surface area contributed by atoms with E-state index in [0.717, 1.165) is 5.57 Å². The molecule has 0 unspecified atom stereocenters. The minimum atomic E-state index is 0.313. The third-order valence-corrected chi connectivity index (χ3v) is 1.64. The number of hydrogen-bond donors (Lipinski definition) is 0. The topological polar surface area (TPSA) is 63.7 Å². The van der Waals surface area contributed by atoms with Crippen LogP contribution in [0.1, 0.15) is 18.3 Å². The standard InChI is InChI=1S/C9H12N4O/c1-7(2)5-13-9(6-14-3)8(4-10)11-12-13/h1,5-6H2,2-3H3. The maximum Gasteiger partial charge on any atom is 0.188 e. The van der Waals surface area contributed by atoms with Crippen LogP contribution in [-0.4, -0.2) is 22.1 Å². The van der Waals surface area contributed by atoms with Crippen molar-refractivity contribution in [3.05, 3.63) is 23.5 Å². The average molecular weight is 192 g/mol. The molecule has 0 aliphatic carbocycles. The normalized spacial score (nSPS) is 9.79. The molecule has 1 aromatic heterocycles. The quantitative estimate of drug-likeness (QED) is 0.664. The van der Waals surface area contributed by atoms with E-state index in [0.29, 0.717) is 24.5 Å². The fraction of sp³-hybridized carbons (Fsp3) is 0.444. The van der Waals surface area contributed by atoms with Gasteiger partial charge in [-0.3, -0.25) is 0 Å². The Hall–Kier alpha value is -1.67. The molecule has 5 heteroatoms. The van der Waals surface area contributed by atoms with Crippen LogP contribution in [0.25, 0.3) is 0 Å². The van der Waals surface area contributed by atoms with Gasteiger partial charge in [-0.2, -0.15) is 5.26 Å². The zero-order valence-electron chi connectivity index (χ0n) is 8.32.